The van der Waals surface area contributed by atoms with E-state index in [1.807, 2.05) is 6.92 Å². The minimum atomic E-state index is -1.19. The van der Waals surface area contributed by atoms with E-state index in [1.165, 1.54) is 38.4 Å². The largest absolute Gasteiger partial charge is 0.496 e. The molecule has 0 radical (unpaired) electrons. The summed E-state index contributed by atoms with van der Waals surface area (Å²) < 4.78 is 31.4. The van der Waals surface area contributed by atoms with Crippen LogP contribution in [0.15, 0.2) is 59.0 Å². The standard InChI is InChI=1S/C32H33FN4O6/c1-6-13-42-25-16-26-22(27(30(40)35-4)28(43-26)18-7-10-20(33)11-8-18)15-21(25)19-9-12-24(41-5)23(14-19)29(39)37-32(2,3)31(34)36-17-38/h7-12,14-17H,6,13H2,1-5H3,(H,35,40)(H,37,39)(H2,34,36,38). The summed E-state index contributed by atoms with van der Waals surface area (Å²) in [6.07, 6.45) is 1.10. The van der Waals surface area contributed by atoms with Crippen LogP contribution >= 0.6 is 0 Å². The second kappa shape index (κ2) is 12.8. The van der Waals surface area contributed by atoms with Crippen LogP contribution in [-0.2, 0) is 4.79 Å². The molecule has 0 aliphatic heterocycles. The first-order valence-electron chi connectivity index (χ1n) is 13.6. The lowest BCUT2D eigenvalue weighted by Crippen LogP contribution is -2.54. The number of carbonyl (C=O) groups excluding carboxylic acids is 3. The summed E-state index contributed by atoms with van der Waals surface area (Å²) in [6.45, 7) is 5.54. The Morgan fingerprint density at radius 2 is 1.72 bits per heavy atom. The van der Waals surface area contributed by atoms with Crippen molar-refractivity contribution in [1.82, 2.24) is 16.0 Å². The van der Waals surface area contributed by atoms with Crippen molar-refractivity contribution in [2.75, 3.05) is 20.8 Å². The maximum Gasteiger partial charge on any atom is 0.255 e. The molecule has 4 rings (SSSR count). The van der Waals surface area contributed by atoms with Gasteiger partial charge in [0.25, 0.3) is 11.8 Å². The van der Waals surface area contributed by atoms with Crippen LogP contribution in [0.4, 0.5) is 4.39 Å². The van der Waals surface area contributed by atoms with E-state index < -0.39 is 23.2 Å². The van der Waals surface area contributed by atoms with E-state index in [-0.39, 0.29) is 28.5 Å². The van der Waals surface area contributed by atoms with E-state index >= 15 is 0 Å². The quantitative estimate of drug-likeness (QED) is 0.106. The van der Waals surface area contributed by atoms with E-state index in [0.717, 1.165) is 6.42 Å². The Morgan fingerprint density at radius 3 is 2.35 bits per heavy atom. The summed E-state index contributed by atoms with van der Waals surface area (Å²) in [4.78, 5) is 37.4. The molecule has 10 nitrogen and oxygen atoms in total. The van der Waals surface area contributed by atoms with Crippen molar-refractivity contribution in [3.8, 4) is 33.9 Å². The third-order valence-electron chi connectivity index (χ3n) is 6.82. The molecule has 0 aliphatic rings. The molecule has 0 saturated heterocycles. The summed E-state index contributed by atoms with van der Waals surface area (Å²) in [5.41, 5.74) is 1.34. The fraction of sp³-hybridized carbons (Fsp3) is 0.250. The summed E-state index contributed by atoms with van der Waals surface area (Å²) in [5.74, 6) is -0.510. The number of hydrogen-bond acceptors (Lipinski definition) is 7. The first-order chi connectivity index (χ1) is 20.5. The third-order valence-corrected chi connectivity index (χ3v) is 6.82. The number of amides is 3. The molecular weight excluding hydrogens is 555 g/mol. The Labute approximate surface area is 248 Å². The molecule has 4 N–H and O–H groups in total. The Morgan fingerprint density at radius 1 is 1.02 bits per heavy atom. The van der Waals surface area contributed by atoms with Crippen molar-refractivity contribution < 1.29 is 32.7 Å². The zero-order valence-corrected chi connectivity index (χ0v) is 24.5. The van der Waals surface area contributed by atoms with Crippen molar-refractivity contribution in [3.63, 3.8) is 0 Å². The second-order valence-corrected chi connectivity index (χ2v) is 10.2. The van der Waals surface area contributed by atoms with Crippen molar-refractivity contribution in [1.29, 1.82) is 5.41 Å². The molecule has 43 heavy (non-hydrogen) atoms. The highest BCUT2D eigenvalue weighted by Crippen LogP contribution is 2.41. The first kappa shape index (κ1) is 30.8. The summed E-state index contributed by atoms with van der Waals surface area (Å²) in [6, 6.07) is 14.1. The molecule has 1 heterocycles. The Hall–Kier alpha value is -5.19. The van der Waals surface area contributed by atoms with Gasteiger partial charge in [-0.1, -0.05) is 13.0 Å². The molecule has 0 aliphatic carbocycles. The minimum absolute atomic E-state index is 0.180. The smallest absolute Gasteiger partial charge is 0.255 e. The molecule has 3 amide bonds. The van der Waals surface area contributed by atoms with Crippen LogP contribution in [0.1, 0.15) is 47.9 Å². The number of methoxy groups -OCH3 is 1. The molecule has 0 saturated carbocycles. The molecule has 4 aromatic rings. The summed E-state index contributed by atoms with van der Waals surface area (Å²) in [7, 11) is 2.95. The lowest BCUT2D eigenvalue weighted by molar-refractivity contribution is -0.108. The molecule has 0 atom stereocenters. The molecule has 0 spiro atoms. The van der Waals surface area contributed by atoms with Gasteiger partial charge in [0.1, 0.15) is 34.5 Å². The topological polar surface area (TPSA) is 143 Å². The zero-order chi connectivity index (χ0) is 31.3. The van der Waals surface area contributed by atoms with Crippen LogP contribution in [0.3, 0.4) is 0 Å². The van der Waals surface area contributed by atoms with Crippen molar-refractivity contribution in [3.05, 3.63) is 71.5 Å². The normalized spacial score (nSPS) is 11.1. The predicted molar refractivity (Wildman–Crippen MR) is 161 cm³/mol. The van der Waals surface area contributed by atoms with Crippen LogP contribution in [0.25, 0.3) is 33.4 Å². The first-order valence-corrected chi connectivity index (χ1v) is 13.6. The number of furan rings is 1. The molecule has 0 unspecified atom stereocenters. The number of benzene rings is 3. The van der Waals surface area contributed by atoms with Gasteiger partial charge >= 0.3 is 0 Å². The molecule has 224 valence electrons. The third kappa shape index (κ3) is 6.35. The van der Waals surface area contributed by atoms with Gasteiger partial charge in [0.05, 0.1) is 30.4 Å². The average Bonchev–Trinajstić information content (AvgIpc) is 3.37. The molecule has 0 bridgehead atoms. The Kier molecular flexibility index (Phi) is 9.13. The number of nitrogens with one attached hydrogen (secondary N) is 4. The fourth-order valence-corrected chi connectivity index (χ4v) is 4.54. The van der Waals surface area contributed by atoms with Crippen LogP contribution in [0.2, 0.25) is 0 Å². The van der Waals surface area contributed by atoms with Gasteiger partial charge in [0.2, 0.25) is 6.41 Å². The van der Waals surface area contributed by atoms with Crippen molar-refractivity contribution in [2.45, 2.75) is 32.7 Å². The summed E-state index contributed by atoms with van der Waals surface area (Å²) >= 11 is 0. The number of fused-ring (bicyclic) bond motifs is 1. The predicted octanol–water partition coefficient (Wildman–Crippen LogP) is 5.29. The number of amidine groups is 1. The van der Waals surface area contributed by atoms with Crippen LogP contribution in [0.5, 0.6) is 11.5 Å². The zero-order valence-electron chi connectivity index (χ0n) is 24.5. The summed E-state index contributed by atoms with van der Waals surface area (Å²) in [5, 5.41) is 16.2. The van der Waals surface area contributed by atoms with E-state index in [4.69, 9.17) is 19.3 Å². The highest BCUT2D eigenvalue weighted by atomic mass is 19.1. The lowest BCUT2D eigenvalue weighted by Gasteiger charge is -2.26. The lowest BCUT2D eigenvalue weighted by atomic mass is 9.96. The fourth-order valence-electron chi connectivity index (χ4n) is 4.54. The second-order valence-electron chi connectivity index (χ2n) is 10.2. The molecule has 0 fully saturated rings. The Balaban J connectivity index is 1.90. The van der Waals surface area contributed by atoms with Gasteiger partial charge in [0, 0.05) is 29.6 Å². The van der Waals surface area contributed by atoms with Crippen LogP contribution in [-0.4, -0.2) is 50.4 Å². The minimum Gasteiger partial charge on any atom is -0.496 e. The number of halogens is 1. The van der Waals surface area contributed by atoms with Crippen LogP contribution < -0.4 is 25.4 Å². The molecule has 3 aromatic carbocycles. The van der Waals surface area contributed by atoms with Gasteiger partial charge in [-0.3, -0.25) is 19.8 Å². The van der Waals surface area contributed by atoms with Gasteiger partial charge in [-0.25, -0.2) is 4.39 Å². The van der Waals surface area contributed by atoms with E-state index in [2.05, 4.69) is 16.0 Å². The van der Waals surface area contributed by atoms with E-state index in [1.54, 1.807) is 44.2 Å². The van der Waals surface area contributed by atoms with Crippen LogP contribution in [0, 0.1) is 11.2 Å². The van der Waals surface area contributed by atoms with Crippen molar-refractivity contribution in [2.24, 2.45) is 0 Å². The van der Waals surface area contributed by atoms with Gasteiger partial charge in [-0.15, -0.1) is 0 Å². The SMILES string of the molecule is CCCOc1cc2oc(-c3ccc(F)cc3)c(C(=O)NC)c2cc1-c1ccc(OC)c(C(=O)NC(C)(C)C(=N)NC=O)c1. The van der Waals surface area contributed by atoms with Gasteiger partial charge < -0.3 is 29.8 Å². The highest BCUT2D eigenvalue weighted by Gasteiger charge is 2.29. The number of hydrogen-bond donors (Lipinski definition) is 4. The monoisotopic (exact) mass is 588 g/mol. The highest BCUT2D eigenvalue weighted by molar-refractivity contribution is 6.12. The Bertz CT molecular complexity index is 1690. The van der Waals surface area contributed by atoms with Crippen molar-refractivity contribution >= 4 is 35.0 Å². The number of ether oxygens (including phenoxy) is 2. The number of carbonyl (C=O) groups is 3. The molecule has 11 heteroatoms. The maximum atomic E-state index is 13.7. The van der Waals surface area contributed by atoms with Gasteiger partial charge in [-0.05, 0) is 68.3 Å². The van der Waals surface area contributed by atoms with Gasteiger partial charge in [-0.2, -0.15) is 0 Å². The van der Waals surface area contributed by atoms with E-state index in [9.17, 15) is 18.8 Å². The van der Waals surface area contributed by atoms with Gasteiger partial charge in [0.15, 0.2) is 0 Å². The number of rotatable bonds is 11. The molecule has 1 aromatic heterocycles. The van der Waals surface area contributed by atoms with E-state index in [0.29, 0.717) is 46.4 Å². The maximum absolute atomic E-state index is 13.7. The average molecular weight is 589 g/mol. The molecular formula is C32H33FN4O6.